The van der Waals surface area contributed by atoms with Crippen molar-refractivity contribution in [2.45, 2.75) is 18.0 Å². The summed E-state index contributed by atoms with van der Waals surface area (Å²) in [5.41, 5.74) is -0.425. The molecule has 0 saturated heterocycles. The van der Waals surface area contributed by atoms with Crippen LogP contribution in [0.2, 0.25) is 0 Å². The Morgan fingerprint density at radius 1 is 1.26 bits per heavy atom. The zero-order valence-corrected chi connectivity index (χ0v) is 10.6. The molecule has 106 valence electrons. The first-order chi connectivity index (χ1) is 8.68. The number of hydrogen-bond donors (Lipinski definition) is 2. The quantitative estimate of drug-likeness (QED) is 0.884. The summed E-state index contributed by atoms with van der Waals surface area (Å²) in [6, 6.07) is 4.84. The van der Waals surface area contributed by atoms with Crippen LogP contribution in [-0.2, 0) is 14.8 Å². The van der Waals surface area contributed by atoms with Crippen molar-refractivity contribution >= 4 is 21.6 Å². The third-order valence-corrected chi connectivity index (χ3v) is 3.62. The fraction of sp³-hybridized carbons (Fsp3) is 0.300. The van der Waals surface area contributed by atoms with Crippen molar-refractivity contribution in [3.63, 3.8) is 0 Å². The molecular formula is C10H11F3N2O3S. The molecule has 0 saturated carbocycles. The van der Waals surface area contributed by atoms with E-state index in [4.69, 9.17) is 0 Å². The SMILES string of the molecule is CCNS(=O)(=O)c1ccccc1NC(=O)C(F)(F)F. The molecule has 0 bridgehead atoms. The number of benzene rings is 1. The Hall–Kier alpha value is -1.61. The predicted molar refractivity (Wildman–Crippen MR) is 62.0 cm³/mol. The van der Waals surface area contributed by atoms with Crippen molar-refractivity contribution in [3.05, 3.63) is 24.3 Å². The third kappa shape index (κ3) is 3.93. The van der Waals surface area contributed by atoms with Gasteiger partial charge in [-0.3, -0.25) is 4.79 Å². The first kappa shape index (κ1) is 15.4. The van der Waals surface area contributed by atoms with Crippen molar-refractivity contribution in [2.24, 2.45) is 0 Å². The van der Waals surface area contributed by atoms with Gasteiger partial charge in [0.05, 0.1) is 5.69 Å². The van der Waals surface area contributed by atoms with E-state index in [1.807, 2.05) is 0 Å². The molecule has 0 aliphatic carbocycles. The van der Waals surface area contributed by atoms with Gasteiger partial charge in [-0.05, 0) is 12.1 Å². The molecule has 0 unspecified atom stereocenters. The van der Waals surface area contributed by atoms with E-state index in [0.29, 0.717) is 0 Å². The average molecular weight is 296 g/mol. The van der Waals surface area contributed by atoms with E-state index < -0.39 is 32.7 Å². The van der Waals surface area contributed by atoms with Crippen LogP contribution in [0.25, 0.3) is 0 Å². The Morgan fingerprint density at radius 3 is 2.37 bits per heavy atom. The summed E-state index contributed by atoms with van der Waals surface area (Å²) in [6.07, 6.45) is -5.09. The number of carbonyl (C=O) groups is 1. The van der Waals surface area contributed by atoms with E-state index in [2.05, 4.69) is 4.72 Å². The number of sulfonamides is 1. The van der Waals surface area contributed by atoms with E-state index in [1.165, 1.54) is 24.4 Å². The lowest BCUT2D eigenvalue weighted by atomic mass is 10.3. The number of carbonyl (C=O) groups excluding carboxylic acids is 1. The van der Waals surface area contributed by atoms with E-state index in [-0.39, 0.29) is 6.54 Å². The molecule has 5 nitrogen and oxygen atoms in total. The van der Waals surface area contributed by atoms with Crippen molar-refractivity contribution in [1.82, 2.24) is 4.72 Å². The van der Waals surface area contributed by atoms with Crippen molar-refractivity contribution in [3.8, 4) is 0 Å². The van der Waals surface area contributed by atoms with Crippen LogP contribution < -0.4 is 10.0 Å². The van der Waals surface area contributed by atoms with Crippen LogP contribution in [0.5, 0.6) is 0 Å². The maximum Gasteiger partial charge on any atom is 0.471 e. The van der Waals surface area contributed by atoms with Gasteiger partial charge < -0.3 is 5.32 Å². The zero-order valence-electron chi connectivity index (χ0n) is 9.78. The molecule has 0 aromatic heterocycles. The fourth-order valence-electron chi connectivity index (χ4n) is 1.27. The summed E-state index contributed by atoms with van der Waals surface area (Å²) in [7, 11) is -3.96. The summed E-state index contributed by atoms with van der Waals surface area (Å²) < 4.78 is 62.0. The minimum absolute atomic E-state index is 0.0733. The van der Waals surface area contributed by atoms with Crippen LogP contribution >= 0.6 is 0 Å². The van der Waals surface area contributed by atoms with Crippen molar-refractivity contribution < 1.29 is 26.4 Å². The number of anilines is 1. The van der Waals surface area contributed by atoms with Gasteiger partial charge in [-0.15, -0.1) is 0 Å². The molecule has 2 N–H and O–H groups in total. The highest BCUT2D eigenvalue weighted by molar-refractivity contribution is 7.89. The molecule has 0 aliphatic rings. The second kappa shape index (κ2) is 5.57. The van der Waals surface area contributed by atoms with Crippen LogP contribution in [0, 0.1) is 0 Å². The molecule has 1 aromatic rings. The Labute approximate surface area is 107 Å². The maximum atomic E-state index is 12.1. The normalized spacial score (nSPS) is 12.2. The number of hydrogen-bond acceptors (Lipinski definition) is 3. The highest BCUT2D eigenvalue weighted by atomic mass is 32.2. The van der Waals surface area contributed by atoms with E-state index in [9.17, 15) is 26.4 Å². The van der Waals surface area contributed by atoms with E-state index >= 15 is 0 Å². The topological polar surface area (TPSA) is 75.3 Å². The Kier molecular flexibility index (Phi) is 4.53. The lowest BCUT2D eigenvalue weighted by Gasteiger charge is -2.12. The minimum atomic E-state index is -5.09. The van der Waals surface area contributed by atoms with Gasteiger partial charge in [0.1, 0.15) is 4.90 Å². The number of nitrogens with one attached hydrogen (secondary N) is 2. The third-order valence-electron chi connectivity index (χ3n) is 2.02. The van der Waals surface area contributed by atoms with Gasteiger partial charge in [-0.2, -0.15) is 13.2 Å². The highest BCUT2D eigenvalue weighted by Gasteiger charge is 2.39. The van der Waals surface area contributed by atoms with Crippen LogP contribution in [0.1, 0.15) is 6.92 Å². The number of para-hydroxylation sites is 1. The summed E-state index contributed by atoms with van der Waals surface area (Å²) >= 11 is 0. The van der Waals surface area contributed by atoms with Gasteiger partial charge in [0.2, 0.25) is 10.0 Å². The molecular weight excluding hydrogens is 285 g/mol. The standard InChI is InChI=1S/C10H11F3N2O3S/c1-2-14-19(17,18)8-6-4-3-5-7(8)15-9(16)10(11,12)13/h3-6,14H,2H2,1H3,(H,15,16). The lowest BCUT2D eigenvalue weighted by Crippen LogP contribution is -2.31. The highest BCUT2D eigenvalue weighted by Crippen LogP contribution is 2.23. The van der Waals surface area contributed by atoms with Gasteiger partial charge in [0.25, 0.3) is 0 Å². The first-order valence-corrected chi connectivity index (χ1v) is 6.63. The second-order valence-corrected chi connectivity index (χ2v) is 5.18. The Balaban J connectivity index is 3.14. The van der Waals surface area contributed by atoms with Crippen molar-refractivity contribution in [2.75, 3.05) is 11.9 Å². The number of amides is 1. The maximum absolute atomic E-state index is 12.1. The number of alkyl halides is 3. The zero-order chi connectivity index (χ0) is 14.7. The van der Waals surface area contributed by atoms with Gasteiger partial charge in [0, 0.05) is 6.54 Å². The van der Waals surface area contributed by atoms with Gasteiger partial charge in [-0.25, -0.2) is 13.1 Å². The van der Waals surface area contributed by atoms with E-state index in [0.717, 1.165) is 12.1 Å². The molecule has 0 atom stereocenters. The second-order valence-electron chi connectivity index (χ2n) is 3.45. The van der Waals surface area contributed by atoms with Gasteiger partial charge in [-0.1, -0.05) is 19.1 Å². The number of rotatable bonds is 4. The largest absolute Gasteiger partial charge is 0.471 e. The summed E-state index contributed by atoms with van der Waals surface area (Å²) in [5, 5.41) is 1.53. The van der Waals surface area contributed by atoms with Crippen LogP contribution in [0.3, 0.4) is 0 Å². The van der Waals surface area contributed by atoms with Crippen LogP contribution in [-0.4, -0.2) is 27.0 Å². The molecule has 1 amide bonds. The average Bonchev–Trinajstić information content (AvgIpc) is 2.28. The Morgan fingerprint density at radius 2 is 1.84 bits per heavy atom. The lowest BCUT2D eigenvalue weighted by molar-refractivity contribution is -0.167. The van der Waals surface area contributed by atoms with Crippen LogP contribution in [0.4, 0.5) is 18.9 Å². The van der Waals surface area contributed by atoms with Gasteiger partial charge in [0.15, 0.2) is 0 Å². The number of halogens is 3. The molecule has 0 heterocycles. The van der Waals surface area contributed by atoms with E-state index in [1.54, 1.807) is 0 Å². The Bertz CT molecular complexity index is 570. The summed E-state index contributed by atoms with van der Waals surface area (Å²) in [6.45, 7) is 1.60. The fourth-order valence-corrected chi connectivity index (χ4v) is 2.47. The summed E-state index contributed by atoms with van der Waals surface area (Å²) in [5.74, 6) is -2.23. The van der Waals surface area contributed by atoms with Gasteiger partial charge >= 0.3 is 12.1 Å². The first-order valence-electron chi connectivity index (χ1n) is 5.15. The molecule has 0 aliphatic heterocycles. The molecule has 9 heteroatoms. The smallest absolute Gasteiger partial charge is 0.317 e. The van der Waals surface area contributed by atoms with Crippen molar-refractivity contribution in [1.29, 1.82) is 0 Å². The molecule has 0 fully saturated rings. The van der Waals surface area contributed by atoms with Crippen LogP contribution in [0.15, 0.2) is 29.2 Å². The molecule has 1 aromatic carbocycles. The molecule has 0 radical (unpaired) electrons. The predicted octanol–water partition coefficient (Wildman–Crippen LogP) is 1.49. The molecule has 0 spiro atoms. The molecule has 1 rings (SSSR count). The molecule has 19 heavy (non-hydrogen) atoms. The summed E-state index contributed by atoms with van der Waals surface area (Å²) in [4.78, 5) is 10.4. The monoisotopic (exact) mass is 296 g/mol. The minimum Gasteiger partial charge on any atom is -0.317 e.